The van der Waals surface area contributed by atoms with Gasteiger partial charge in [-0.25, -0.2) is 9.37 Å². The summed E-state index contributed by atoms with van der Waals surface area (Å²) in [7, 11) is 0. The lowest BCUT2D eigenvalue weighted by atomic mass is 10.1. The van der Waals surface area contributed by atoms with Gasteiger partial charge >= 0.3 is 0 Å². The average Bonchev–Trinajstić information content (AvgIpc) is 3.19. The van der Waals surface area contributed by atoms with Gasteiger partial charge < -0.3 is 19.8 Å². The zero-order chi connectivity index (χ0) is 20.7. The molecule has 0 saturated carbocycles. The molecule has 2 aromatic heterocycles. The van der Waals surface area contributed by atoms with Gasteiger partial charge in [-0.3, -0.25) is 4.79 Å². The molecule has 3 heterocycles. The van der Waals surface area contributed by atoms with Crippen LogP contribution in [0.25, 0.3) is 21.9 Å². The van der Waals surface area contributed by atoms with Crippen molar-refractivity contribution in [3.8, 4) is 0 Å². The third-order valence-electron chi connectivity index (χ3n) is 5.93. The number of rotatable bonds is 3. The highest BCUT2D eigenvalue weighted by atomic mass is 19.1. The molecule has 0 unspecified atom stereocenters. The first-order valence-corrected chi connectivity index (χ1v) is 10.3. The van der Waals surface area contributed by atoms with Crippen LogP contribution in [0.4, 0.5) is 10.3 Å². The van der Waals surface area contributed by atoms with Gasteiger partial charge in [-0.2, -0.15) is 0 Å². The second-order valence-electron chi connectivity index (χ2n) is 7.89. The second kappa shape index (κ2) is 7.48. The third kappa shape index (κ3) is 3.40. The Morgan fingerprint density at radius 1 is 1.07 bits per heavy atom. The van der Waals surface area contributed by atoms with Crippen LogP contribution in [0.15, 0.2) is 42.5 Å². The van der Waals surface area contributed by atoms with Crippen LogP contribution < -0.4 is 4.90 Å². The molecule has 1 amide bonds. The van der Waals surface area contributed by atoms with Crippen molar-refractivity contribution in [2.24, 2.45) is 0 Å². The van der Waals surface area contributed by atoms with Gasteiger partial charge in [0.05, 0.1) is 17.5 Å². The molecule has 5 rings (SSSR count). The van der Waals surface area contributed by atoms with E-state index in [4.69, 9.17) is 4.98 Å². The quantitative estimate of drug-likeness (QED) is 0.545. The van der Waals surface area contributed by atoms with E-state index >= 15 is 0 Å². The van der Waals surface area contributed by atoms with Gasteiger partial charge in [-0.05, 0) is 49.2 Å². The molecule has 4 aromatic rings. The highest BCUT2D eigenvalue weighted by Gasteiger charge is 2.22. The predicted molar refractivity (Wildman–Crippen MR) is 116 cm³/mol. The normalized spacial score (nSPS) is 15.1. The monoisotopic (exact) mass is 405 g/mol. The summed E-state index contributed by atoms with van der Waals surface area (Å²) in [5.74, 6) is 0.648. The first-order chi connectivity index (χ1) is 14.6. The Balaban J connectivity index is 1.30. The van der Waals surface area contributed by atoms with Crippen LogP contribution in [0, 0.1) is 12.7 Å². The topological polar surface area (TPSA) is 68.0 Å². The van der Waals surface area contributed by atoms with Crippen molar-refractivity contribution in [3.05, 3.63) is 59.5 Å². The van der Waals surface area contributed by atoms with Gasteiger partial charge in [0.2, 0.25) is 11.9 Å². The Labute approximate surface area is 173 Å². The van der Waals surface area contributed by atoms with Crippen LogP contribution >= 0.6 is 0 Å². The largest absolute Gasteiger partial charge is 0.358 e. The maximum absolute atomic E-state index is 13.7. The number of nitrogens with one attached hydrogen (secondary N) is 2. The Hall–Kier alpha value is -3.35. The minimum Gasteiger partial charge on any atom is -0.358 e. The fraction of sp³-hybridized carbons (Fsp3) is 0.304. The van der Waals surface area contributed by atoms with E-state index < -0.39 is 0 Å². The number of nitrogens with zero attached hydrogens (tertiary/aromatic N) is 3. The molecule has 30 heavy (non-hydrogen) atoms. The molecule has 0 atom stereocenters. The summed E-state index contributed by atoms with van der Waals surface area (Å²) in [5.41, 5.74) is 4.64. The number of amides is 1. The number of carbonyl (C=O) groups is 1. The van der Waals surface area contributed by atoms with Gasteiger partial charge in [0.25, 0.3) is 0 Å². The van der Waals surface area contributed by atoms with Gasteiger partial charge in [-0.15, -0.1) is 0 Å². The summed E-state index contributed by atoms with van der Waals surface area (Å²) < 4.78 is 13.7. The van der Waals surface area contributed by atoms with E-state index in [1.807, 2.05) is 36.1 Å². The van der Waals surface area contributed by atoms with E-state index in [1.54, 1.807) is 6.07 Å². The number of H-pyrrole nitrogens is 2. The molecule has 6 nitrogen and oxygen atoms in total. The fourth-order valence-corrected chi connectivity index (χ4v) is 4.31. The minimum atomic E-state index is -0.286. The molecule has 0 bridgehead atoms. The number of aromatic nitrogens is 3. The molecular formula is C23H24FN5O. The number of anilines is 1. The predicted octanol–water partition coefficient (Wildman–Crippen LogP) is 3.77. The van der Waals surface area contributed by atoms with Crippen molar-refractivity contribution < 1.29 is 9.18 Å². The maximum atomic E-state index is 13.7. The van der Waals surface area contributed by atoms with Crippen molar-refractivity contribution in [1.29, 1.82) is 0 Å². The molecule has 2 aromatic carbocycles. The molecule has 0 radical (unpaired) electrons. The summed E-state index contributed by atoms with van der Waals surface area (Å²) in [6.07, 6.45) is 1.16. The number of aryl methyl sites for hydroxylation is 1. The third-order valence-corrected chi connectivity index (χ3v) is 5.93. The number of aromatic amines is 2. The lowest BCUT2D eigenvalue weighted by Crippen LogP contribution is -2.36. The van der Waals surface area contributed by atoms with Gasteiger partial charge in [0.1, 0.15) is 5.82 Å². The van der Waals surface area contributed by atoms with Gasteiger partial charge in [0, 0.05) is 42.8 Å². The first kappa shape index (κ1) is 18.7. The van der Waals surface area contributed by atoms with Crippen LogP contribution in [0.3, 0.4) is 0 Å². The summed E-state index contributed by atoms with van der Waals surface area (Å²) in [6, 6.07) is 12.7. The van der Waals surface area contributed by atoms with Crippen molar-refractivity contribution in [2.45, 2.75) is 19.8 Å². The molecular weight excluding hydrogens is 381 g/mol. The lowest BCUT2D eigenvalue weighted by molar-refractivity contribution is -0.130. The Kier molecular flexibility index (Phi) is 4.65. The molecule has 0 aliphatic carbocycles. The number of hydrogen-bond acceptors (Lipinski definition) is 3. The number of para-hydroxylation sites is 2. The Morgan fingerprint density at radius 2 is 1.93 bits per heavy atom. The van der Waals surface area contributed by atoms with E-state index in [2.05, 4.69) is 14.9 Å². The molecule has 1 aliphatic heterocycles. The number of benzene rings is 2. The second-order valence-corrected chi connectivity index (χ2v) is 7.89. The number of fused-ring (bicyclic) bond motifs is 2. The lowest BCUT2D eigenvalue weighted by Gasteiger charge is -2.22. The van der Waals surface area contributed by atoms with Crippen LogP contribution in [0.2, 0.25) is 0 Å². The summed E-state index contributed by atoms with van der Waals surface area (Å²) in [4.78, 5) is 28.5. The number of carbonyl (C=O) groups excluding carboxylic acids is 1. The number of hydrogen-bond donors (Lipinski definition) is 2. The van der Waals surface area contributed by atoms with E-state index in [9.17, 15) is 9.18 Å². The van der Waals surface area contributed by atoms with Crippen LogP contribution in [-0.4, -0.2) is 51.9 Å². The number of imidazole rings is 1. The standard InChI is InChI=1S/C23H24FN5O/c1-15-17(18-13-16(24)7-8-19(18)25-15)14-22(30)28-9-4-10-29(12-11-28)23-26-20-5-2-3-6-21(20)27-23/h2-3,5-8,13,25H,4,9-12,14H2,1H3,(H,26,27). The number of halogens is 1. The van der Waals surface area contributed by atoms with Crippen molar-refractivity contribution in [3.63, 3.8) is 0 Å². The molecule has 1 fully saturated rings. The fourth-order valence-electron chi connectivity index (χ4n) is 4.31. The smallest absolute Gasteiger partial charge is 0.227 e. The molecule has 1 aliphatic rings. The zero-order valence-electron chi connectivity index (χ0n) is 16.9. The Bertz CT molecular complexity index is 1190. The van der Waals surface area contributed by atoms with E-state index in [1.165, 1.54) is 12.1 Å². The molecule has 154 valence electrons. The highest BCUT2D eigenvalue weighted by molar-refractivity contribution is 5.90. The first-order valence-electron chi connectivity index (χ1n) is 10.3. The van der Waals surface area contributed by atoms with Crippen molar-refractivity contribution in [1.82, 2.24) is 19.9 Å². The van der Waals surface area contributed by atoms with Crippen molar-refractivity contribution in [2.75, 3.05) is 31.1 Å². The van der Waals surface area contributed by atoms with Crippen molar-refractivity contribution >= 4 is 33.8 Å². The maximum Gasteiger partial charge on any atom is 0.227 e. The highest BCUT2D eigenvalue weighted by Crippen LogP contribution is 2.24. The van der Waals surface area contributed by atoms with E-state index in [-0.39, 0.29) is 18.1 Å². The summed E-state index contributed by atoms with van der Waals surface area (Å²) in [6.45, 7) is 4.87. The average molecular weight is 405 g/mol. The van der Waals surface area contributed by atoms with Crippen LogP contribution in [-0.2, 0) is 11.2 Å². The zero-order valence-corrected chi connectivity index (χ0v) is 16.9. The summed E-state index contributed by atoms with van der Waals surface area (Å²) in [5, 5.41) is 0.791. The molecule has 1 saturated heterocycles. The minimum absolute atomic E-state index is 0.0784. The van der Waals surface area contributed by atoms with Crippen LogP contribution in [0.1, 0.15) is 17.7 Å². The SMILES string of the molecule is Cc1[nH]c2ccc(F)cc2c1CC(=O)N1CCCN(c2nc3ccccc3[nH]2)CC1. The van der Waals surface area contributed by atoms with E-state index in [0.29, 0.717) is 13.1 Å². The van der Waals surface area contributed by atoms with Gasteiger partial charge in [0.15, 0.2) is 0 Å². The van der Waals surface area contributed by atoms with Crippen LogP contribution in [0.5, 0.6) is 0 Å². The molecule has 0 spiro atoms. The Morgan fingerprint density at radius 3 is 2.80 bits per heavy atom. The van der Waals surface area contributed by atoms with E-state index in [0.717, 1.165) is 58.7 Å². The molecule has 2 N–H and O–H groups in total. The molecule has 7 heteroatoms. The van der Waals surface area contributed by atoms with Gasteiger partial charge in [-0.1, -0.05) is 12.1 Å². The summed E-state index contributed by atoms with van der Waals surface area (Å²) >= 11 is 0.